The van der Waals surface area contributed by atoms with Gasteiger partial charge >= 0.3 is 6.07 Å². The Hall–Kier alpha value is -2.89. The van der Waals surface area contributed by atoms with Crippen molar-refractivity contribution in [3.63, 3.8) is 0 Å². The first-order chi connectivity index (χ1) is 13.0. The second kappa shape index (κ2) is 9.71. The molecule has 2 aliphatic heterocycles. The van der Waals surface area contributed by atoms with Gasteiger partial charge in [-0.25, -0.2) is 4.39 Å². The fourth-order valence-corrected chi connectivity index (χ4v) is 3.25. The molecule has 27 heavy (non-hydrogen) atoms. The first-order valence-corrected chi connectivity index (χ1v) is 8.84. The molecular weight excluding hydrogens is 355 g/mol. The molecule has 0 aromatic carbocycles. The zero-order valence-electron chi connectivity index (χ0n) is 15.5. The highest BCUT2D eigenvalue weighted by Gasteiger charge is 2.37. The fourth-order valence-electron chi connectivity index (χ4n) is 3.25. The third kappa shape index (κ3) is 4.84. The summed E-state index contributed by atoms with van der Waals surface area (Å²) in [5.41, 5.74) is 3.19. The van der Waals surface area contributed by atoms with Crippen molar-refractivity contribution in [2.75, 3.05) is 27.4 Å². The van der Waals surface area contributed by atoms with Crippen LogP contribution < -0.4 is 10.7 Å². The molecule has 0 saturated carbocycles. The van der Waals surface area contributed by atoms with E-state index < -0.39 is 24.5 Å². The minimum Gasteiger partial charge on any atom is -0.484 e. The van der Waals surface area contributed by atoms with Crippen molar-refractivity contribution in [2.45, 2.75) is 38.1 Å². The molecule has 0 aromatic rings. The number of halogens is 1. The van der Waals surface area contributed by atoms with E-state index >= 15 is 0 Å². The minimum absolute atomic E-state index is 0.137. The summed E-state index contributed by atoms with van der Waals surface area (Å²) >= 11 is 0. The molecule has 2 aliphatic rings. The number of allylic oxidation sites excluding steroid dienone is 2. The summed E-state index contributed by atoms with van der Waals surface area (Å²) < 4.78 is 18.5. The molecule has 2 N–H and O–H groups in total. The standard InChI is InChI=1S/C18H23FN4O4/c1-20-21-11-15(27-2)12-5-3-4-10-23(18(26)13(12)8-9-19)14-6-7-16(24)22-17(14)25/h8,14,20H,3-7,9-10H2,1-2H3/p+1/b13-8+,15-12+. The van der Waals surface area contributed by atoms with Gasteiger partial charge < -0.3 is 9.64 Å². The van der Waals surface area contributed by atoms with Crippen LogP contribution in [-0.2, 0) is 19.1 Å². The van der Waals surface area contributed by atoms with E-state index in [0.29, 0.717) is 31.4 Å². The zero-order valence-corrected chi connectivity index (χ0v) is 15.5. The first kappa shape index (κ1) is 20.4. The van der Waals surface area contributed by atoms with E-state index in [1.807, 2.05) is 0 Å². The lowest BCUT2D eigenvalue weighted by Crippen LogP contribution is -2.55. The van der Waals surface area contributed by atoms with Gasteiger partial charge in [-0.05, 0) is 31.8 Å². The normalized spacial score (nSPS) is 24.4. The van der Waals surface area contributed by atoms with Crippen LogP contribution in [0.4, 0.5) is 4.39 Å². The molecule has 0 bridgehead atoms. The molecule has 0 spiro atoms. The van der Waals surface area contributed by atoms with Crippen LogP contribution in [0.25, 0.3) is 4.95 Å². The van der Waals surface area contributed by atoms with Gasteiger partial charge in [-0.15, -0.1) is 0 Å². The zero-order chi connectivity index (χ0) is 19.8. The molecule has 0 radical (unpaired) electrons. The number of rotatable bonds is 3. The molecular formula is C18H24FN4O4+. The van der Waals surface area contributed by atoms with Gasteiger partial charge in [0.2, 0.25) is 11.8 Å². The summed E-state index contributed by atoms with van der Waals surface area (Å²) in [5, 5.41) is 2.27. The van der Waals surface area contributed by atoms with Crippen LogP contribution in [0.3, 0.4) is 0 Å². The van der Waals surface area contributed by atoms with Crippen molar-refractivity contribution >= 4 is 17.7 Å². The Kier molecular flexibility index (Phi) is 7.34. The van der Waals surface area contributed by atoms with Gasteiger partial charge in [0, 0.05) is 24.1 Å². The molecule has 1 atom stereocenters. The maximum Gasteiger partial charge on any atom is 0.396 e. The Balaban J connectivity index is 2.44. The summed E-state index contributed by atoms with van der Waals surface area (Å²) in [6.07, 6.45) is 3.47. The lowest BCUT2D eigenvalue weighted by Gasteiger charge is -2.35. The van der Waals surface area contributed by atoms with E-state index in [9.17, 15) is 18.8 Å². The molecule has 2 heterocycles. The van der Waals surface area contributed by atoms with E-state index in [4.69, 9.17) is 4.74 Å². The smallest absolute Gasteiger partial charge is 0.396 e. The van der Waals surface area contributed by atoms with Crippen molar-refractivity contribution in [1.82, 2.24) is 15.6 Å². The lowest BCUT2D eigenvalue weighted by atomic mass is 9.93. The van der Waals surface area contributed by atoms with E-state index in [2.05, 4.69) is 21.8 Å². The number of methoxy groups -OCH3 is 1. The molecule has 2 fully saturated rings. The van der Waals surface area contributed by atoms with Crippen molar-refractivity contribution in [2.24, 2.45) is 0 Å². The third-order valence-corrected chi connectivity index (χ3v) is 4.51. The Morgan fingerprint density at radius 3 is 2.81 bits per heavy atom. The minimum atomic E-state index is -0.839. The Morgan fingerprint density at radius 2 is 2.19 bits per heavy atom. The molecule has 0 aromatic heterocycles. The van der Waals surface area contributed by atoms with Crippen molar-refractivity contribution in [3.05, 3.63) is 27.9 Å². The van der Waals surface area contributed by atoms with Gasteiger partial charge in [-0.3, -0.25) is 19.7 Å². The molecule has 1 unspecified atom stereocenters. The van der Waals surface area contributed by atoms with Crippen LogP contribution >= 0.6 is 0 Å². The summed E-state index contributed by atoms with van der Waals surface area (Å²) in [5.74, 6) is -1.07. The van der Waals surface area contributed by atoms with Gasteiger partial charge in [0.05, 0.1) is 19.1 Å². The van der Waals surface area contributed by atoms with Gasteiger partial charge in [0.25, 0.3) is 11.7 Å². The van der Waals surface area contributed by atoms with Gasteiger partial charge in [-0.1, -0.05) is 5.43 Å². The van der Waals surface area contributed by atoms with Gasteiger partial charge in [0.1, 0.15) is 12.7 Å². The maximum atomic E-state index is 13.2. The number of nitrogens with zero attached hydrogens (tertiary/aromatic N) is 2. The third-order valence-electron chi connectivity index (χ3n) is 4.51. The predicted molar refractivity (Wildman–Crippen MR) is 96.1 cm³/mol. The molecule has 3 amide bonds. The average Bonchev–Trinajstić information content (AvgIpc) is 2.64. The topological polar surface area (TPSA) is 92.1 Å². The van der Waals surface area contributed by atoms with E-state index in [1.165, 1.54) is 18.1 Å². The SMILES string of the molecule is CN[N+]#C/C(OC)=C1/CCCCN(C2CCC(=O)NC2=O)C(=O)/C1=C/CF. The number of likely N-dealkylation sites (tertiary alicyclic amines) is 1. The highest BCUT2D eigenvalue weighted by molar-refractivity contribution is 6.05. The van der Waals surface area contributed by atoms with E-state index in [0.717, 1.165) is 0 Å². The quantitative estimate of drug-likeness (QED) is 0.252. The molecule has 2 rings (SSSR count). The van der Waals surface area contributed by atoms with Crippen LogP contribution in [0.1, 0.15) is 32.1 Å². The maximum absolute atomic E-state index is 13.2. The van der Waals surface area contributed by atoms with Crippen molar-refractivity contribution < 1.29 is 23.5 Å². The van der Waals surface area contributed by atoms with E-state index in [1.54, 1.807) is 7.05 Å². The summed E-state index contributed by atoms with van der Waals surface area (Å²) in [6.45, 7) is -0.480. The summed E-state index contributed by atoms with van der Waals surface area (Å²) in [6, 6.07) is 1.92. The number of hydrogen-bond donors (Lipinski definition) is 2. The number of hydrogen-bond acceptors (Lipinski definition) is 5. The number of amides is 3. The number of imide groups is 1. The van der Waals surface area contributed by atoms with Crippen LogP contribution in [-0.4, -0.2) is 56.0 Å². The van der Waals surface area contributed by atoms with Gasteiger partial charge in [0.15, 0.2) is 0 Å². The molecule has 0 aliphatic carbocycles. The number of ether oxygens (including phenoxy) is 1. The summed E-state index contributed by atoms with van der Waals surface area (Å²) in [7, 11) is 3.02. The van der Waals surface area contributed by atoms with Crippen LogP contribution in [0.15, 0.2) is 23.0 Å². The molecule has 146 valence electrons. The van der Waals surface area contributed by atoms with Crippen LogP contribution in [0.2, 0.25) is 0 Å². The monoisotopic (exact) mass is 379 g/mol. The number of carbonyl (C=O) groups is 3. The Labute approximate surface area is 157 Å². The number of nitrogens with one attached hydrogen (secondary N) is 2. The van der Waals surface area contributed by atoms with Gasteiger partial charge in [-0.2, -0.15) is 0 Å². The second-order valence-electron chi connectivity index (χ2n) is 6.15. The number of carbonyl (C=O) groups excluding carboxylic acids is 3. The number of alkyl halides is 1. The van der Waals surface area contributed by atoms with Crippen molar-refractivity contribution in [3.8, 4) is 6.07 Å². The molecule has 8 nitrogen and oxygen atoms in total. The lowest BCUT2D eigenvalue weighted by molar-refractivity contribution is -0.144. The van der Waals surface area contributed by atoms with Crippen LogP contribution in [0, 0.1) is 6.07 Å². The summed E-state index contributed by atoms with van der Waals surface area (Å²) in [4.78, 5) is 42.0. The van der Waals surface area contributed by atoms with Crippen molar-refractivity contribution in [1.29, 1.82) is 0 Å². The fraction of sp³-hybridized carbons (Fsp3) is 0.556. The van der Waals surface area contributed by atoms with Crippen LogP contribution in [0.5, 0.6) is 0 Å². The Bertz CT molecular complexity index is 735. The second-order valence-corrected chi connectivity index (χ2v) is 6.15. The number of piperidine rings is 1. The molecule has 9 heteroatoms. The largest absolute Gasteiger partial charge is 0.484 e. The Morgan fingerprint density at radius 1 is 1.41 bits per heavy atom. The highest BCUT2D eigenvalue weighted by Crippen LogP contribution is 2.28. The first-order valence-electron chi connectivity index (χ1n) is 8.84. The highest BCUT2D eigenvalue weighted by atomic mass is 19.1. The molecule has 2 saturated heterocycles. The predicted octanol–water partition coefficient (Wildman–Crippen LogP) is 1.07. The van der Waals surface area contributed by atoms with E-state index in [-0.39, 0.29) is 30.1 Å². The average molecular weight is 379 g/mol.